The molecule has 1 aliphatic rings. The summed E-state index contributed by atoms with van der Waals surface area (Å²) in [5.41, 5.74) is 1.37. The van der Waals surface area contributed by atoms with Crippen LogP contribution in [0.4, 0.5) is 13.2 Å². The summed E-state index contributed by atoms with van der Waals surface area (Å²) in [7, 11) is 0. The topological polar surface area (TPSA) is 20.2 Å². The van der Waals surface area contributed by atoms with E-state index in [1.807, 2.05) is 24.3 Å². The molecular weight excluding hydrogens is 277 g/mol. The van der Waals surface area contributed by atoms with E-state index in [0.29, 0.717) is 24.0 Å². The highest BCUT2D eigenvalue weighted by molar-refractivity contribution is 5.44. The molecule has 110 valence electrons. The molecule has 0 heterocycles. The van der Waals surface area contributed by atoms with Crippen molar-refractivity contribution in [2.45, 2.75) is 31.5 Å². The standard InChI is InChI=1S/C17H15F3O/c1-11-8-14(17(18,19)20)6-7-15(11)16(21)9-12-4-2-3-5-13(12)10-16/h2-8,21H,9-10H2,1H3. The van der Waals surface area contributed by atoms with Gasteiger partial charge in [-0.05, 0) is 41.3 Å². The van der Waals surface area contributed by atoms with Gasteiger partial charge in [0.1, 0.15) is 0 Å². The van der Waals surface area contributed by atoms with E-state index >= 15 is 0 Å². The van der Waals surface area contributed by atoms with Crippen LogP contribution in [0, 0.1) is 6.92 Å². The van der Waals surface area contributed by atoms with Gasteiger partial charge in [0, 0.05) is 12.8 Å². The summed E-state index contributed by atoms with van der Waals surface area (Å²) in [6.07, 6.45) is -3.48. The van der Waals surface area contributed by atoms with Crippen molar-refractivity contribution in [3.63, 3.8) is 0 Å². The molecule has 1 aliphatic carbocycles. The number of aryl methyl sites for hydroxylation is 1. The second-order valence-corrected chi connectivity index (χ2v) is 5.68. The van der Waals surface area contributed by atoms with E-state index in [4.69, 9.17) is 0 Å². The van der Waals surface area contributed by atoms with Crippen LogP contribution in [0.2, 0.25) is 0 Å². The molecule has 0 saturated carbocycles. The van der Waals surface area contributed by atoms with Crippen LogP contribution in [-0.2, 0) is 24.6 Å². The maximum absolute atomic E-state index is 12.7. The highest BCUT2D eigenvalue weighted by Gasteiger charge is 2.38. The van der Waals surface area contributed by atoms with Gasteiger partial charge in [0.05, 0.1) is 11.2 Å². The number of benzene rings is 2. The van der Waals surface area contributed by atoms with Crippen molar-refractivity contribution in [1.82, 2.24) is 0 Å². The van der Waals surface area contributed by atoms with Crippen LogP contribution in [0.1, 0.15) is 27.8 Å². The number of rotatable bonds is 1. The zero-order chi connectivity index (χ0) is 15.3. The predicted octanol–water partition coefficient (Wildman–Crippen LogP) is 4.00. The molecule has 2 aromatic rings. The van der Waals surface area contributed by atoms with E-state index in [2.05, 4.69) is 0 Å². The third-order valence-corrected chi connectivity index (χ3v) is 4.14. The van der Waals surface area contributed by atoms with Crippen molar-refractivity contribution in [3.05, 3.63) is 70.3 Å². The number of hydrogen-bond acceptors (Lipinski definition) is 1. The lowest BCUT2D eigenvalue weighted by Gasteiger charge is -2.25. The molecule has 0 bridgehead atoms. The minimum Gasteiger partial charge on any atom is -0.384 e. The Bertz CT molecular complexity index is 664. The van der Waals surface area contributed by atoms with Crippen LogP contribution in [-0.4, -0.2) is 5.11 Å². The molecule has 0 aromatic heterocycles. The molecule has 0 saturated heterocycles. The van der Waals surface area contributed by atoms with Gasteiger partial charge in [-0.25, -0.2) is 0 Å². The Hall–Kier alpha value is -1.81. The van der Waals surface area contributed by atoms with Crippen LogP contribution in [0.25, 0.3) is 0 Å². The molecule has 3 rings (SSSR count). The van der Waals surface area contributed by atoms with Gasteiger partial charge in [-0.3, -0.25) is 0 Å². The SMILES string of the molecule is Cc1cc(C(F)(F)F)ccc1C1(O)Cc2ccccc2C1. The lowest BCUT2D eigenvalue weighted by atomic mass is 9.87. The minimum atomic E-state index is -4.36. The molecule has 2 aromatic carbocycles. The van der Waals surface area contributed by atoms with Gasteiger partial charge in [0.2, 0.25) is 0 Å². The first kappa shape index (κ1) is 14.1. The molecule has 0 fully saturated rings. The molecule has 1 N–H and O–H groups in total. The van der Waals surface area contributed by atoms with Crippen molar-refractivity contribution in [2.75, 3.05) is 0 Å². The maximum atomic E-state index is 12.7. The summed E-state index contributed by atoms with van der Waals surface area (Å²) in [4.78, 5) is 0. The second kappa shape index (κ2) is 4.60. The second-order valence-electron chi connectivity index (χ2n) is 5.68. The van der Waals surface area contributed by atoms with E-state index in [1.54, 1.807) is 6.92 Å². The molecule has 4 heteroatoms. The van der Waals surface area contributed by atoms with E-state index in [9.17, 15) is 18.3 Å². The van der Waals surface area contributed by atoms with Gasteiger partial charge in [-0.2, -0.15) is 13.2 Å². The number of fused-ring (bicyclic) bond motifs is 1. The summed E-state index contributed by atoms with van der Waals surface area (Å²) in [5.74, 6) is 0. The van der Waals surface area contributed by atoms with Crippen molar-refractivity contribution in [3.8, 4) is 0 Å². The van der Waals surface area contributed by atoms with E-state index in [-0.39, 0.29) is 0 Å². The van der Waals surface area contributed by atoms with Crippen LogP contribution in [0.3, 0.4) is 0 Å². The van der Waals surface area contributed by atoms with Gasteiger partial charge in [-0.1, -0.05) is 30.3 Å². The first-order valence-corrected chi connectivity index (χ1v) is 6.77. The molecular formula is C17H15F3O. The van der Waals surface area contributed by atoms with E-state index < -0.39 is 17.3 Å². The van der Waals surface area contributed by atoms with Crippen LogP contribution in [0.5, 0.6) is 0 Å². The van der Waals surface area contributed by atoms with Gasteiger partial charge in [-0.15, -0.1) is 0 Å². The maximum Gasteiger partial charge on any atom is 0.416 e. The first-order valence-electron chi connectivity index (χ1n) is 6.77. The lowest BCUT2D eigenvalue weighted by Crippen LogP contribution is -2.27. The monoisotopic (exact) mass is 292 g/mol. The Kier molecular flexibility index (Phi) is 3.10. The third-order valence-electron chi connectivity index (χ3n) is 4.14. The number of aliphatic hydroxyl groups is 1. The highest BCUT2D eigenvalue weighted by Crippen LogP contribution is 2.40. The van der Waals surface area contributed by atoms with Crippen LogP contribution < -0.4 is 0 Å². The summed E-state index contributed by atoms with van der Waals surface area (Å²) in [6, 6.07) is 11.3. The van der Waals surface area contributed by atoms with Crippen molar-refractivity contribution in [2.24, 2.45) is 0 Å². The number of halogens is 3. The Labute approximate surface area is 121 Å². The molecule has 0 spiro atoms. The Morgan fingerprint density at radius 1 is 1.00 bits per heavy atom. The summed E-state index contributed by atoms with van der Waals surface area (Å²) < 4.78 is 38.2. The average molecular weight is 292 g/mol. The Morgan fingerprint density at radius 3 is 2.05 bits per heavy atom. The predicted molar refractivity (Wildman–Crippen MR) is 73.9 cm³/mol. The van der Waals surface area contributed by atoms with Gasteiger partial charge in [0.25, 0.3) is 0 Å². The zero-order valence-electron chi connectivity index (χ0n) is 11.5. The van der Waals surface area contributed by atoms with E-state index in [1.165, 1.54) is 6.07 Å². The van der Waals surface area contributed by atoms with Crippen molar-refractivity contribution >= 4 is 0 Å². The molecule has 0 unspecified atom stereocenters. The van der Waals surface area contributed by atoms with Crippen molar-refractivity contribution < 1.29 is 18.3 Å². The lowest BCUT2D eigenvalue weighted by molar-refractivity contribution is -0.137. The fourth-order valence-corrected chi connectivity index (χ4v) is 3.15. The van der Waals surface area contributed by atoms with Crippen LogP contribution >= 0.6 is 0 Å². The average Bonchev–Trinajstić information content (AvgIpc) is 2.74. The van der Waals surface area contributed by atoms with Gasteiger partial charge in [0.15, 0.2) is 0 Å². The summed E-state index contributed by atoms with van der Waals surface area (Å²) >= 11 is 0. The van der Waals surface area contributed by atoms with Gasteiger partial charge >= 0.3 is 6.18 Å². The summed E-state index contributed by atoms with van der Waals surface area (Å²) in [5, 5.41) is 10.9. The normalized spacial score (nSPS) is 16.8. The largest absolute Gasteiger partial charge is 0.416 e. The molecule has 0 amide bonds. The molecule has 0 aliphatic heterocycles. The molecule has 0 atom stereocenters. The molecule has 1 nitrogen and oxygen atoms in total. The smallest absolute Gasteiger partial charge is 0.384 e. The number of hydrogen-bond donors (Lipinski definition) is 1. The highest BCUT2D eigenvalue weighted by atomic mass is 19.4. The van der Waals surface area contributed by atoms with Crippen molar-refractivity contribution in [1.29, 1.82) is 0 Å². The zero-order valence-corrected chi connectivity index (χ0v) is 11.5. The Morgan fingerprint density at radius 2 is 1.57 bits per heavy atom. The fourth-order valence-electron chi connectivity index (χ4n) is 3.15. The fraction of sp³-hybridized carbons (Fsp3) is 0.294. The third kappa shape index (κ3) is 2.44. The quantitative estimate of drug-likeness (QED) is 0.842. The first-order chi connectivity index (χ1) is 9.79. The molecule has 21 heavy (non-hydrogen) atoms. The Balaban J connectivity index is 1.99. The van der Waals surface area contributed by atoms with E-state index in [0.717, 1.165) is 23.3 Å². The summed E-state index contributed by atoms with van der Waals surface area (Å²) in [6.45, 7) is 1.62. The van der Waals surface area contributed by atoms with Gasteiger partial charge < -0.3 is 5.11 Å². The minimum absolute atomic E-state index is 0.440. The van der Waals surface area contributed by atoms with Crippen LogP contribution in [0.15, 0.2) is 42.5 Å². The number of alkyl halides is 3. The molecule has 0 radical (unpaired) electrons.